The summed E-state index contributed by atoms with van der Waals surface area (Å²) >= 11 is 0. The Bertz CT molecular complexity index is 392. The average molecular weight is 219 g/mol. The fourth-order valence-corrected chi connectivity index (χ4v) is 1.23. The molecule has 0 radical (unpaired) electrons. The zero-order chi connectivity index (χ0) is 12.0. The number of nitrogens with zero attached hydrogens (tertiary/aromatic N) is 1. The highest BCUT2D eigenvalue weighted by Gasteiger charge is 2.06. The first kappa shape index (κ1) is 12.1. The van der Waals surface area contributed by atoms with E-state index in [1.165, 1.54) is 0 Å². The van der Waals surface area contributed by atoms with E-state index in [0.717, 1.165) is 0 Å². The molecular weight excluding hydrogens is 206 g/mol. The van der Waals surface area contributed by atoms with Gasteiger partial charge in [-0.3, -0.25) is 4.79 Å². The fourth-order valence-electron chi connectivity index (χ4n) is 1.23. The van der Waals surface area contributed by atoms with Gasteiger partial charge in [-0.1, -0.05) is 0 Å². The highest BCUT2D eigenvalue weighted by molar-refractivity contribution is 5.66. The minimum atomic E-state index is -0.824. The van der Waals surface area contributed by atoms with Crippen molar-refractivity contribution in [1.29, 1.82) is 5.26 Å². The van der Waals surface area contributed by atoms with Gasteiger partial charge in [-0.25, -0.2) is 0 Å². The molecule has 0 saturated heterocycles. The summed E-state index contributed by atoms with van der Waals surface area (Å²) in [5.41, 5.74) is 0.575. The van der Waals surface area contributed by atoms with E-state index >= 15 is 0 Å². The zero-order valence-electron chi connectivity index (χ0n) is 9.01. The van der Waals surface area contributed by atoms with Crippen molar-refractivity contribution in [3.05, 3.63) is 29.8 Å². The van der Waals surface area contributed by atoms with Crippen LogP contribution in [-0.4, -0.2) is 17.2 Å². The summed E-state index contributed by atoms with van der Waals surface area (Å²) in [6, 6.07) is 8.75. The van der Waals surface area contributed by atoms with Crippen molar-refractivity contribution in [2.45, 2.75) is 25.9 Å². The summed E-state index contributed by atoms with van der Waals surface area (Å²) in [6.45, 7) is 1.82. The molecule has 1 rings (SSSR count). The molecule has 0 bridgehead atoms. The van der Waals surface area contributed by atoms with Crippen LogP contribution in [0.1, 0.15) is 25.3 Å². The number of aliphatic carboxylic acids is 1. The van der Waals surface area contributed by atoms with Gasteiger partial charge in [0.05, 0.1) is 17.7 Å². The first-order valence-corrected chi connectivity index (χ1v) is 5.00. The van der Waals surface area contributed by atoms with E-state index in [9.17, 15) is 4.79 Å². The molecule has 0 aliphatic carbocycles. The first-order chi connectivity index (χ1) is 7.61. The van der Waals surface area contributed by atoms with Crippen molar-refractivity contribution in [2.75, 3.05) is 0 Å². The van der Waals surface area contributed by atoms with Gasteiger partial charge in [0.2, 0.25) is 0 Å². The molecule has 0 aliphatic rings. The molecule has 0 saturated carbocycles. The molecule has 0 amide bonds. The molecule has 1 aromatic rings. The minimum absolute atomic E-state index is 0.0947. The maximum atomic E-state index is 10.3. The van der Waals surface area contributed by atoms with Gasteiger partial charge >= 0.3 is 5.97 Å². The lowest BCUT2D eigenvalue weighted by Crippen LogP contribution is -2.13. The topological polar surface area (TPSA) is 70.3 Å². The number of carbonyl (C=O) groups is 1. The second-order valence-electron chi connectivity index (χ2n) is 3.50. The molecule has 1 unspecified atom stereocenters. The molecule has 0 heterocycles. The monoisotopic (exact) mass is 219 g/mol. The minimum Gasteiger partial charge on any atom is -0.491 e. The van der Waals surface area contributed by atoms with Gasteiger partial charge in [-0.05, 0) is 37.6 Å². The molecular formula is C12H13NO3. The Hall–Kier alpha value is -2.02. The van der Waals surface area contributed by atoms with Crippen LogP contribution in [0.4, 0.5) is 0 Å². The van der Waals surface area contributed by atoms with Crippen molar-refractivity contribution < 1.29 is 14.6 Å². The second-order valence-corrected chi connectivity index (χ2v) is 3.50. The van der Waals surface area contributed by atoms with E-state index in [1.54, 1.807) is 24.3 Å². The third kappa shape index (κ3) is 4.01. The van der Waals surface area contributed by atoms with Gasteiger partial charge < -0.3 is 9.84 Å². The largest absolute Gasteiger partial charge is 0.491 e. The average Bonchev–Trinajstić information content (AvgIpc) is 2.27. The van der Waals surface area contributed by atoms with Crippen molar-refractivity contribution in [3.8, 4) is 11.8 Å². The van der Waals surface area contributed by atoms with E-state index in [2.05, 4.69) is 0 Å². The maximum Gasteiger partial charge on any atom is 0.303 e. The summed E-state index contributed by atoms with van der Waals surface area (Å²) in [5.74, 6) is -0.174. The molecule has 16 heavy (non-hydrogen) atoms. The van der Waals surface area contributed by atoms with Crippen LogP contribution in [0.5, 0.6) is 5.75 Å². The number of ether oxygens (including phenoxy) is 1. The van der Waals surface area contributed by atoms with E-state index in [-0.39, 0.29) is 12.5 Å². The second kappa shape index (κ2) is 5.76. The molecule has 4 heteroatoms. The van der Waals surface area contributed by atoms with Crippen LogP contribution < -0.4 is 4.74 Å². The van der Waals surface area contributed by atoms with Crippen molar-refractivity contribution in [3.63, 3.8) is 0 Å². The lowest BCUT2D eigenvalue weighted by atomic mass is 10.2. The molecule has 0 aliphatic heterocycles. The summed E-state index contributed by atoms with van der Waals surface area (Å²) in [5, 5.41) is 17.1. The van der Waals surface area contributed by atoms with Gasteiger partial charge in [-0.15, -0.1) is 0 Å². The van der Waals surface area contributed by atoms with Gasteiger partial charge in [0.1, 0.15) is 5.75 Å². The van der Waals surface area contributed by atoms with E-state index in [1.807, 2.05) is 13.0 Å². The molecule has 4 nitrogen and oxygen atoms in total. The zero-order valence-corrected chi connectivity index (χ0v) is 9.01. The number of rotatable bonds is 5. The Kier molecular flexibility index (Phi) is 4.34. The standard InChI is InChI=1S/C12H13NO3/c1-9(2-7-12(14)15)16-11-5-3-10(8-13)4-6-11/h3-6,9H,2,7H2,1H3,(H,14,15). The first-order valence-electron chi connectivity index (χ1n) is 5.00. The number of carboxylic acids is 1. The van der Waals surface area contributed by atoms with E-state index < -0.39 is 5.97 Å². The quantitative estimate of drug-likeness (QED) is 0.824. The normalized spacial score (nSPS) is 11.5. The number of carboxylic acid groups (broad SMARTS) is 1. The van der Waals surface area contributed by atoms with Crippen LogP contribution in [-0.2, 0) is 4.79 Å². The van der Waals surface area contributed by atoms with Gasteiger partial charge in [-0.2, -0.15) is 5.26 Å². The van der Waals surface area contributed by atoms with Crippen LogP contribution in [0.3, 0.4) is 0 Å². The number of nitriles is 1. The number of hydrogen-bond acceptors (Lipinski definition) is 3. The van der Waals surface area contributed by atoms with E-state index in [4.69, 9.17) is 15.1 Å². The third-order valence-electron chi connectivity index (χ3n) is 2.09. The highest BCUT2D eigenvalue weighted by atomic mass is 16.5. The van der Waals surface area contributed by atoms with Gasteiger partial charge in [0.15, 0.2) is 0 Å². The summed E-state index contributed by atoms with van der Waals surface area (Å²) in [7, 11) is 0. The van der Waals surface area contributed by atoms with Crippen LogP contribution in [0.15, 0.2) is 24.3 Å². The lowest BCUT2D eigenvalue weighted by molar-refractivity contribution is -0.137. The maximum absolute atomic E-state index is 10.3. The molecule has 84 valence electrons. The Labute approximate surface area is 94.1 Å². The highest BCUT2D eigenvalue weighted by Crippen LogP contribution is 2.15. The van der Waals surface area contributed by atoms with Gasteiger partial charge in [0, 0.05) is 6.42 Å². The Balaban J connectivity index is 2.47. The van der Waals surface area contributed by atoms with Crippen LogP contribution in [0, 0.1) is 11.3 Å². The molecule has 0 aromatic heterocycles. The molecule has 1 N–H and O–H groups in total. The lowest BCUT2D eigenvalue weighted by Gasteiger charge is -2.13. The number of benzene rings is 1. The van der Waals surface area contributed by atoms with Crippen LogP contribution in [0.25, 0.3) is 0 Å². The Morgan fingerprint density at radius 2 is 2.12 bits per heavy atom. The van der Waals surface area contributed by atoms with E-state index in [0.29, 0.717) is 17.7 Å². The molecule has 1 atom stereocenters. The van der Waals surface area contributed by atoms with Gasteiger partial charge in [0.25, 0.3) is 0 Å². The Morgan fingerprint density at radius 1 is 1.50 bits per heavy atom. The summed E-state index contributed by atoms with van der Waals surface area (Å²) in [6.07, 6.45) is 0.413. The van der Waals surface area contributed by atoms with Crippen LogP contribution >= 0.6 is 0 Å². The van der Waals surface area contributed by atoms with Crippen molar-refractivity contribution >= 4 is 5.97 Å². The molecule has 0 spiro atoms. The fraction of sp³-hybridized carbons (Fsp3) is 0.333. The van der Waals surface area contributed by atoms with Crippen molar-refractivity contribution in [2.24, 2.45) is 0 Å². The summed E-state index contributed by atoms with van der Waals surface area (Å²) in [4.78, 5) is 10.3. The SMILES string of the molecule is CC(CCC(=O)O)Oc1ccc(C#N)cc1. The summed E-state index contributed by atoms with van der Waals surface area (Å²) < 4.78 is 5.49. The third-order valence-corrected chi connectivity index (χ3v) is 2.09. The molecule has 1 aromatic carbocycles. The van der Waals surface area contributed by atoms with Crippen molar-refractivity contribution in [1.82, 2.24) is 0 Å². The predicted molar refractivity (Wildman–Crippen MR) is 58.1 cm³/mol. The number of hydrogen-bond donors (Lipinski definition) is 1. The molecule has 0 fully saturated rings. The predicted octanol–water partition coefficient (Wildman–Crippen LogP) is 2.19. The Morgan fingerprint density at radius 3 is 2.62 bits per heavy atom. The van der Waals surface area contributed by atoms with Crippen LogP contribution in [0.2, 0.25) is 0 Å². The smallest absolute Gasteiger partial charge is 0.303 e.